The largest absolute Gasteiger partial charge is 0.262 e. The molecule has 0 aliphatic heterocycles. The molecule has 3 aromatic rings. The van der Waals surface area contributed by atoms with Gasteiger partial charge in [0, 0.05) is 12.4 Å². The van der Waals surface area contributed by atoms with Crippen LogP contribution in [0.3, 0.4) is 0 Å². The number of pyridine rings is 1. The van der Waals surface area contributed by atoms with Crippen LogP contribution in [0.1, 0.15) is 0 Å². The van der Waals surface area contributed by atoms with Crippen molar-refractivity contribution in [2.75, 3.05) is 6.26 Å². The Kier molecular flexibility index (Phi) is 3.26. The number of hydrogen-bond acceptors (Lipinski definition) is 5. The average molecular weight is 324 g/mol. The molecule has 0 spiro atoms. The molecule has 0 aromatic carbocycles. The summed E-state index contributed by atoms with van der Waals surface area (Å²) in [6, 6.07) is 5.15. The van der Waals surface area contributed by atoms with Gasteiger partial charge in [-0.05, 0) is 18.2 Å². The van der Waals surface area contributed by atoms with Crippen LogP contribution in [0.25, 0.3) is 16.9 Å². The summed E-state index contributed by atoms with van der Waals surface area (Å²) in [5.41, 5.74) is 1.55. The van der Waals surface area contributed by atoms with E-state index in [0.717, 1.165) is 16.0 Å². The molecule has 0 radical (unpaired) electrons. The Morgan fingerprint density at radius 3 is 2.71 bits per heavy atom. The zero-order valence-electron chi connectivity index (χ0n) is 10.9. The Balaban J connectivity index is 2.14. The monoisotopic (exact) mass is 323 g/mol. The Morgan fingerprint density at radius 1 is 1.24 bits per heavy atom. The fourth-order valence-electron chi connectivity index (χ4n) is 1.89. The molecule has 0 amide bonds. The Bertz CT molecular complexity index is 886. The molecule has 0 N–H and O–H groups in total. The van der Waals surface area contributed by atoms with Gasteiger partial charge in [0.15, 0.2) is 5.15 Å². The van der Waals surface area contributed by atoms with Gasteiger partial charge in [0.05, 0.1) is 35.6 Å². The minimum absolute atomic E-state index is 0.184. The van der Waals surface area contributed by atoms with Crippen LogP contribution in [0.15, 0.2) is 43.0 Å². The third kappa shape index (κ3) is 2.55. The van der Waals surface area contributed by atoms with Gasteiger partial charge in [-0.15, -0.1) is 0 Å². The van der Waals surface area contributed by atoms with E-state index in [9.17, 15) is 8.42 Å². The second-order valence-electron chi connectivity index (χ2n) is 4.31. The maximum absolute atomic E-state index is 11.7. The summed E-state index contributed by atoms with van der Waals surface area (Å²) in [5, 5.41) is 8.16. The lowest BCUT2D eigenvalue weighted by molar-refractivity contribution is 0.587. The smallest absolute Gasteiger partial charge is 0.251 e. The van der Waals surface area contributed by atoms with Crippen molar-refractivity contribution in [1.82, 2.24) is 24.0 Å². The highest BCUT2D eigenvalue weighted by atomic mass is 35.5. The normalized spacial score (nSPS) is 11.7. The third-order valence-corrected chi connectivity index (χ3v) is 3.98. The minimum atomic E-state index is -3.51. The van der Waals surface area contributed by atoms with E-state index in [1.165, 1.54) is 10.9 Å². The van der Waals surface area contributed by atoms with Crippen LogP contribution in [0.4, 0.5) is 0 Å². The van der Waals surface area contributed by atoms with Gasteiger partial charge in [-0.1, -0.05) is 11.6 Å². The Hall–Kier alpha value is -2.19. The molecule has 21 heavy (non-hydrogen) atoms. The molecule has 3 aromatic heterocycles. The van der Waals surface area contributed by atoms with Gasteiger partial charge in [-0.3, -0.25) is 4.98 Å². The summed E-state index contributed by atoms with van der Waals surface area (Å²) in [6.45, 7) is 0. The maximum Gasteiger partial charge on any atom is 0.251 e. The van der Waals surface area contributed by atoms with Gasteiger partial charge < -0.3 is 0 Å². The number of halogens is 1. The van der Waals surface area contributed by atoms with Crippen molar-refractivity contribution in [3.63, 3.8) is 0 Å². The first-order valence-corrected chi connectivity index (χ1v) is 8.10. The van der Waals surface area contributed by atoms with E-state index in [1.807, 2.05) is 6.07 Å². The van der Waals surface area contributed by atoms with E-state index in [0.29, 0.717) is 11.3 Å². The molecule has 3 rings (SSSR count). The van der Waals surface area contributed by atoms with Gasteiger partial charge in [0.25, 0.3) is 10.0 Å². The van der Waals surface area contributed by atoms with Crippen molar-refractivity contribution >= 4 is 21.6 Å². The van der Waals surface area contributed by atoms with Crippen molar-refractivity contribution < 1.29 is 8.42 Å². The number of rotatable bonds is 3. The highest BCUT2D eigenvalue weighted by Crippen LogP contribution is 2.28. The van der Waals surface area contributed by atoms with Crippen molar-refractivity contribution in [1.29, 1.82) is 0 Å². The Morgan fingerprint density at radius 2 is 2.05 bits per heavy atom. The van der Waals surface area contributed by atoms with Crippen molar-refractivity contribution in [2.24, 2.45) is 0 Å². The van der Waals surface area contributed by atoms with Crippen molar-refractivity contribution in [2.45, 2.75) is 0 Å². The molecule has 0 aliphatic rings. The highest BCUT2D eigenvalue weighted by molar-refractivity contribution is 7.89. The van der Waals surface area contributed by atoms with Gasteiger partial charge in [0.1, 0.15) is 0 Å². The number of nitrogens with zero attached hydrogens (tertiary/aromatic N) is 5. The standard InChI is InChI=1S/C12H10ClN5O2S/c1-21(19,20)18-11(4-6-15-18)10-8-17(16-12(10)13)9-3-2-5-14-7-9/h2-8H,1H3. The molecule has 9 heteroatoms. The number of aromatic nitrogens is 5. The topological polar surface area (TPSA) is 82.7 Å². The molecular weight excluding hydrogens is 314 g/mol. The fraction of sp³-hybridized carbons (Fsp3) is 0.0833. The molecular formula is C12H10ClN5O2S. The van der Waals surface area contributed by atoms with Gasteiger partial charge in [0.2, 0.25) is 0 Å². The first kappa shape index (κ1) is 13.8. The molecule has 7 nitrogen and oxygen atoms in total. The molecule has 0 bridgehead atoms. The quantitative estimate of drug-likeness (QED) is 0.731. The summed E-state index contributed by atoms with van der Waals surface area (Å²) in [7, 11) is -3.51. The lowest BCUT2D eigenvalue weighted by Gasteiger charge is -2.02. The van der Waals surface area contributed by atoms with Crippen LogP contribution >= 0.6 is 11.6 Å². The zero-order valence-corrected chi connectivity index (χ0v) is 12.5. The van der Waals surface area contributed by atoms with Gasteiger partial charge >= 0.3 is 0 Å². The predicted molar refractivity (Wildman–Crippen MR) is 77.8 cm³/mol. The molecule has 0 saturated heterocycles. The second kappa shape index (κ2) is 4.97. The van der Waals surface area contributed by atoms with E-state index in [2.05, 4.69) is 15.2 Å². The second-order valence-corrected chi connectivity index (χ2v) is 6.48. The van der Waals surface area contributed by atoms with E-state index in [-0.39, 0.29) is 5.15 Å². The Labute approximate surface area is 125 Å². The van der Waals surface area contributed by atoms with E-state index < -0.39 is 10.0 Å². The van der Waals surface area contributed by atoms with E-state index in [1.54, 1.807) is 30.7 Å². The zero-order chi connectivity index (χ0) is 15.0. The van der Waals surface area contributed by atoms with Gasteiger partial charge in [-0.2, -0.15) is 14.3 Å². The summed E-state index contributed by atoms with van der Waals surface area (Å²) >= 11 is 6.12. The van der Waals surface area contributed by atoms with Crippen LogP contribution in [0, 0.1) is 0 Å². The fourth-order valence-corrected chi connectivity index (χ4v) is 2.86. The van der Waals surface area contributed by atoms with Crippen molar-refractivity contribution in [3.05, 3.63) is 48.1 Å². The SMILES string of the molecule is CS(=O)(=O)n1nccc1-c1cn(-c2cccnc2)nc1Cl. The minimum Gasteiger partial charge on any atom is -0.262 e. The van der Waals surface area contributed by atoms with Crippen LogP contribution in [-0.4, -0.2) is 38.6 Å². The molecule has 0 saturated carbocycles. The third-order valence-electron chi connectivity index (χ3n) is 2.78. The first-order chi connectivity index (χ1) is 9.97. The molecule has 3 heterocycles. The predicted octanol–water partition coefficient (Wildman–Crippen LogP) is 1.59. The number of hydrogen-bond donors (Lipinski definition) is 0. The lowest BCUT2D eigenvalue weighted by Crippen LogP contribution is -2.12. The van der Waals surface area contributed by atoms with Gasteiger partial charge in [-0.25, -0.2) is 13.1 Å². The summed E-state index contributed by atoms with van der Waals surface area (Å²) < 4.78 is 25.8. The molecule has 108 valence electrons. The summed E-state index contributed by atoms with van der Waals surface area (Å²) in [5.74, 6) is 0. The lowest BCUT2D eigenvalue weighted by atomic mass is 10.3. The highest BCUT2D eigenvalue weighted by Gasteiger charge is 2.18. The first-order valence-electron chi connectivity index (χ1n) is 5.87. The van der Waals surface area contributed by atoms with Crippen LogP contribution in [0.5, 0.6) is 0 Å². The average Bonchev–Trinajstić information content (AvgIpc) is 3.05. The van der Waals surface area contributed by atoms with Crippen molar-refractivity contribution in [3.8, 4) is 16.9 Å². The molecule has 0 aliphatic carbocycles. The van der Waals surface area contributed by atoms with E-state index in [4.69, 9.17) is 11.6 Å². The summed E-state index contributed by atoms with van der Waals surface area (Å²) in [4.78, 5) is 4.00. The van der Waals surface area contributed by atoms with Crippen LogP contribution in [-0.2, 0) is 10.0 Å². The van der Waals surface area contributed by atoms with Crippen LogP contribution < -0.4 is 0 Å². The maximum atomic E-state index is 11.7. The molecule has 0 atom stereocenters. The molecule has 0 unspecified atom stereocenters. The van der Waals surface area contributed by atoms with Crippen LogP contribution in [0.2, 0.25) is 5.15 Å². The molecule has 0 fully saturated rings. The summed E-state index contributed by atoms with van der Waals surface area (Å²) in [6.07, 6.45) is 7.38. The van der Waals surface area contributed by atoms with E-state index >= 15 is 0 Å².